The van der Waals surface area contributed by atoms with Crippen LogP contribution in [0.25, 0.3) is 0 Å². The first-order valence-electron chi connectivity index (χ1n) is 5.74. The monoisotopic (exact) mass is 262 g/mol. The van der Waals surface area contributed by atoms with Crippen LogP contribution in [0.15, 0.2) is 42.5 Å². The largest absolute Gasteiger partial charge is 0.488 e. The highest BCUT2D eigenvalue weighted by atomic mass is 19.1. The Kier molecular flexibility index (Phi) is 3.90. The standard InChI is InChI=1S/C15H12F2O2/c1-10(18)14-6-5-13(17)8-15(14)19-9-11-3-2-4-12(16)7-11/h2-8H,9H2,1H3. The van der Waals surface area contributed by atoms with Crippen molar-refractivity contribution >= 4 is 5.78 Å². The van der Waals surface area contributed by atoms with Crippen molar-refractivity contribution in [2.24, 2.45) is 0 Å². The van der Waals surface area contributed by atoms with Crippen molar-refractivity contribution < 1.29 is 18.3 Å². The summed E-state index contributed by atoms with van der Waals surface area (Å²) < 4.78 is 31.5. The molecule has 0 heterocycles. The molecule has 0 saturated carbocycles. The van der Waals surface area contributed by atoms with E-state index in [-0.39, 0.29) is 24.0 Å². The molecule has 4 heteroatoms. The van der Waals surface area contributed by atoms with Gasteiger partial charge in [-0.15, -0.1) is 0 Å². The van der Waals surface area contributed by atoms with Gasteiger partial charge in [0.05, 0.1) is 5.56 Å². The number of rotatable bonds is 4. The summed E-state index contributed by atoms with van der Waals surface area (Å²) in [5, 5.41) is 0. The molecule has 0 aliphatic heterocycles. The molecule has 2 nitrogen and oxygen atoms in total. The van der Waals surface area contributed by atoms with E-state index in [1.54, 1.807) is 12.1 Å². The van der Waals surface area contributed by atoms with Gasteiger partial charge in [0.25, 0.3) is 0 Å². The van der Waals surface area contributed by atoms with E-state index in [4.69, 9.17) is 4.74 Å². The van der Waals surface area contributed by atoms with E-state index in [0.717, 1.165) is 6.07 Å². The quantitative estimate of drug-likeness (QED) is 0.784. The second-order valence-corrected chi connectivity index (χ2v) is 4.12. The van der Waals surface area contributed by atoms with Crippen LogP contribution >= 0.6 is 0 Å². The van der Waals surface area contributed by atoms with Gasteiger partial charge in [-0.25, -0.2) is 8.78 Å². The topological polar surface area (TPSA) is 26.3 Å². The molecule has 98 valence electrons. The number of hydrogen-bond acceptors (Lipinski definition) is 2. The fourth-order valence-corrected chi connectivity index (χ4v) is 1.69. The molecule has 0 aromatic heterocycles. The Balaban J connectivity index is 2.19. The number of hydrogen-bond donors (Lipinski definition) is 0. The first-order chi connectivity index (χ1) is 9.06. The smallest absolute Gasteiger partial charge is 0.163 e. The molecule has 0 aliphatic rings. The molecule has 19 heavy (non-hydrogen) atoms. The molecular weight excluding hydrogens is 250 g/mol. The van der Waals surface area contributed by atoms with Gasteiger partial charge < -0.3 is 4.74 Å². The third-order valence-corrected chi connectivity index (χ3v) is 2.61. The maximum atomic E-state index is 13.1. The van der Waals surface area contributed by atoms with Gasteiger partial charge in [0.15, 0.2) is 5.78 Å². The fraction of sp³-hybridized carbons (Fsp3) is 0.133. The van der Waals surface area contributed by atoms with E-state index < -0.39 is 5.82 Å². The van der Waals surface area contributed by atoms with Crippen molar-refractivity contribution in [1.82, 2.24) is 0 Å². The molecule has 0 amide bonds. The van der Waals surface area contributed by atoms with Gasteiger partial charge in [-0.3, -0.25) is 4.79 Å². The number of halogens is 2. The normalized spacial score (nSPS) is 10.3. The molecule has 0 N–H and O–H groups in total. The van der Waals surface area contributed by atoms with Crippen molar-refractivity contribution in [3.8, 4) is 5.75 Å². The lowest BCUT2D eigenvalue weighted by Gasteiger charge is -2.10. The lowest BCUT2D eigenvalue weighted by molar-refractivity contribution is 0.101. The Morgan fingerprint density at radius 2 is 1.84 bits per heavy atom. The van der Waals surface area contributed by atoms with Gasteiger partial charge >= 0.3 is 0 Å². The third kappa shape index (κ3) is 3.37. The highest BCUT2D eigenvalue weighted by Crippen LogP contribution is 2.21. The zero-order chi connectivity index (χ0) is 13.8. The lowest BCUT2D eigenvalue weighted by atomic mass is 10.1. The minimum atomic E-state index is -0.487. The molecule has 2 aromatic carbocycles. The Bertz CT molecular complexity index is 609. The molecule has 0 spiro atoms. The summed E-state index contributed by atoms with van der Waals surface area (Å²) in [6.45, 7) is 1.45. The number of ketones is 1. The minimum absolute atomic E-state index is 0.0709. The molecule has 0 aliphatic carbocycles. The number of carbonyl (C=O) groups excluding carboxylic acids is 1. The van der Waals surface area contributed by atoms with Crippen LogP contribution in [-0.4, -0.2) is 5.78 Å². The van der Waals surface area contributed by atoms with E-state index in [1.165, 1.54) is 31.2 Å². The van der Waals surface area contributed by atoms with Crippen LogP contribution in [0.2, 0.25) is 0 Å². The molecule has 0 unspecified atom stereocenters. The first-order valence-corrected chi connectivity index (χ1v) is 5.74. The van der Waals surface area contributed by atoms with Gasteiger partial charge in [-0.2, -0.15) is 0 Å². The minimum Gasteiger partial charge on any atom is -0.488 e. The van der Waals surface area contributed by atoms with Crippen molar-refractivity contribution in [2.75, 3.05) is 0 Å². The Morgan fingerprint density at radius 3 is 2.53 bits per heavy atom. The molecule has 2 rings (SSSR count). The number of benzene rings is 2. The van der Waals surface area contributed by atoms with Crippen LogP contribution in [0, 0.1) is 11.6 Å². The van der Waals surface area contributed by atoms with Crippen molar-refractivity contribution in [2.45, 2.75) is 13.5 Å². The Morgan fingerprint density at radius 1 is 1.11 bits per heavy atom. The molecule has 0 fully saturated rings. The highest BCUT2D eigenvalue weighted by Gasteiger charge is 2.10. The van der Waals surface area contributed by atoms with E-state index in [9.17, 15) is 13.6 Å². The van der Waals surface area contributed by atoms with E-state index in [2.05, 4.69) is 0 Å². The van der Waals surface area contributed by atoms with E-state index in [1.807, 2.05) is 0 Å². The highest BCUT2D eigenvalue weighted by molar-refractivity contribution is 5.96. The Hall–Kier alpha value is -2.23. The predicted octanol–water partition coefficient (Wildman–Crippen LogP) is 3.75. The van der Waals surface area contributed by atoms with Crippen LogP contribution < -0.4 is 4.74 Å². The molecule has 2 aromatic rings. The summed E-state index contributed by atoms with van der Waals surface area (Å²) in [6, 6.07) is 9.63. The first kappa shape index (κ1) is 13.2. The van der Waals surface area contributed by atoms with Crippen LogP contribution in [0.3, 0.4) is 0 Å². The predicted molar refractivity (Wildman–Crippen MR) is 67.1 cm³/mol. The molecule has 0 atom stereocenters. The Labute approximate surface area is 109 Å². The van der Waals surface area contributed by atoms with Crippen molar-refractivity contribution in [3.63, 3.8) is 0 Å². The van der Waals surface area contributed by atoms with E-state index in [0.29, 0.717) is 11.1 Å². The molecule has 0 saturated heterocycles. The van der Waals surface area contributed by atoms with Crippen LogP contribution in [0.4, 0.5) is 8.78 Å². The summed E-state index contributed by atoms with van der Waals surface area (Å²) in [4.78, 5) is 11.4. The van der Waals surface area contributed by atoms with Gasteiger partial charge in [0, 0.05) is 6.07 Å². The average Bonchev–Trinajstić information content (AvgIpc) is 2.36. The van der Waals surface area contributed by atoms with E-state index >= 15 is 0 Å². The van der Waals surface area contributed by atoms with Crippen molar-refractivity contribution in [3.05, 3.63) is 65.2 Å². The second kappa shape index (κ2) is 5.61. The van der Waals surface area contributed by atoms with Gasteiger partial charge in [-0.05, 0) is 36.8 Å². The summed E-state index contributed by atoms with van der Waals surface area (Å²) in [5.41, 5.74) is 0.913. The van der Waals surface area contributed by atoms with Crippen LogP contribution in [0.5, 0.6) is 5.75 Å². The lowest BCUT2D eigenvalue weighted by Crippen LogP contribution is -2.02. The number of ether oxygens (including phenoxy) is 1. The maximum Gasteiger partial charge on any atom is 0.163 e. The molecular formula is C15H12F2O2. The van der Waals surface area contributed by atoms with Gasteiger partial charge in [0.2, 0.25) is 0 Å². The summed E-state index contributed by atoms with van der Waals surface area (Å²) in [7, 11) is 0. The average molecular weight is 262 g/mol. The van der Waals surface area contributed by atoms with Gasteiger partial charge in [0.1, 0.15) is 24.0 Å². The maximum absolute atomic E-state index is 13.1. The molecule has 0 bridgehead atoms. The number of Topliss-reactive ketones (excluding diaryl/α,β-unsaturated/α-hetero) is 1. The zero-order valence-electron chi connectivity index (χ0n) is 10.3. The van der Waals surface area contributed by atoms with Crippen molar-refractivity contribution in [1.29, 1.82) is 0 Å². The molecule has 0 radical (unpaired) electrons. The summed E-state index contributed by atoms with van der Waals surface area (Å²) in [6.07, 6.45) is 0. The number of carbonyl (C=O) groups is 1. The SMILES string of the molecule is CC(=O)c1ccc(F)cc1OCc1cccc(F)c1. The zero-order valence-corrected chi connectivity index (χ0v) is 10.3. The van der Waals surface area contributed by atoms with Crippen LogP contribution in [-0.2, 0) is 6.61 Å². The summed E-state index contributed by atoms with van der Waals surface area (Å²) >= 11 is 0. The summed E-state index contributed by atoms with van der Waals surface area (Å²) in [5.74, 6) is -0.905. The fourth-order valence-electron chi connectivity index (χ4n) is 1.69. The van der Waals surface area contributed by atoms with Gasteiger partial charge in [-0.1, -0.05) is 12.1 Å². The van der Waals surface area contributed by atoms with Crippen LogP contribution in [0.1, 0.15) is 22.8 Å². The third-order valence-electron chi connectivity index (χ3n) is 2.61. The second-order valence-electron chi connectivity index (χ2n) is 4.12.